The number of para-hydroxylation sites is 1. The number of carboxylic acids is 1. The van der Waals surface area contributed by atoms with Gasteiger partial charge in [0.05, 0.1) is 5.52 Å². The lowest BCUT2D eigenvalue weighted by Gasteiger charge is -2.00. The van der Waals surface area contributed by atoms with Crippen LogP contribution in [0.3, 0.4) is 0 Å². The Bertz CT molecular complexity index is 531. The fourth-order valence-electron chi connectivity index (χ4n) is 1.74. The summed E-state index contributed by atoms with van der Waals surface area (Å²) in [5.74, 6) is -1.02. The van der Waals surface area contributed by atoms with Crippen LogP contribution in [0, 0.1) is 0 Å². The highest BCUT2D eigenvalue weighted by Crippen LogP contribution is 2.21. The van der Waals surface area contributed by atoms with Gasteiger partial charge in [-0.15, -0.1) is 0 Å². The second kappa shape index (κ2) is 3.36. The number of fused-ring (bicyclic) bond motifs is 1. The highest BCUT2D eigenvalue weighted by molar-refractivity contribution is 6.02. The van der Waals surface area contributed by atoms with Crippen LogP contribution in [0.4, 0.5) is 0 Å². The average Bonchev–Trinajstić information content (AvgIpc) is 2.56. The van der Waals surface area contributed by atoms with Crippen LogP contribution < -0.4 is 5.73 Å². The summed E-state index contributed by atoms with van der Waals surface area (Å²) >= 11 is 0. The Hall–Kier alpha value is -1.88. The number of carbonyl (C=O) groups is 1. The number of carboxylic acid groups (broad SMARTS) is 1. The molecule has 0 fully saturated rings. The molecule has 0 aliphatic rings. The minimum absolute atomic E-state index is 0.0720. The lowest BCUT2D eigenvalue weighted by molar-refractivity contribution is 0.0691. The van der Waals surface area contributed by atoms with E-state index in [0.29, 0.717) is 11.9 Å². The van der Waals surface area contributed by atoms with Crippen molar-refractivity contribution in [1.29, 1.82) is 0 Å². The van der Waals surface area contributed by atoms with Crippen molar-refractivity contribution in [3.63, 3.8) is 0 Å². The van der Waals surface area contributed by atoms with Crippen molar-refractivity contribution in [3.8, 4) is 0 Å². The van der Waals surface area contributed by atoms with Gasteiger partial charge in [-0.25, -0.2) is 4.79 Å². The first-order valence-corrected chi connectivity index (χ1v) is 4.53. The van der Waals surface area contributed by atoms with Gasteiger partial charge in [-0.05, 0) is 5.56 Å². The molecule has 15 heavy (non-hydrogen) atoms. The molecule has 0 saturated carbocycles. The highest BCUT2D eigenvalue weighted by Gasteiger charge is 2.16. The van der Waals surface area contributed by atoms with E-state index >= 15 is 0 Å². The zero-order chi connectivity index (χ0) is 11.0. The molecular formula is C10H11N3O2. The SMILES string of the molecule is Cn1nc(C(=O)O)c2cccc(CN)c21. The molecule has 5 heteroatoms. The van der Waals surface area contributed by atoms with Crippen molar-refractivity contribution in [1.82, 2.24) is 9.78 Å². The molecule has 0 unspecified atom stereocenters. The first-order valence-electron chi connectivity index (χ1n) is 4.53. The first-order chi connectivity index (χ1) is 7.15. The molecule has 1 heterocycles. The largest absolute Gasteiger partial charge is 0.476 e. The maximum absolute atomic E-state index is 10.9. The minimum atomic E-state index is -1.02. The molecule has 0 spiro atoms. The molecule has 5 nitrogen and oxygen atoms in total. The number of aryl methyl sites for hydroxylation is 1. The zero-order valence-corrected chi connectivity index (χ0v) is 8.27. The van der Waals surface area contributed by atoms with Crippen molar-refractivity contribution in [2.75, 3.05) is 0 Å². The van der Waals surface area contributed by atoms with E-state index in [1.165, 1.54) is 0 Å². The Kier molecular flexibility index (Phi) is 2.17. The lowest BCUT2D eigenvalue weighted by Crippen LogP contribution is -2.00. The molecule has 78 valence electrons. The quantitative estimate of drug-likeness (QED) is 0.757. The van der Waals surface area contributed by atoms with Crippen LogP contribution in [-0.4, -0.2) is 20.9 Å². The number of nitrogens with two attached hydrogens (primary N) is 1. The zero-order valence-electron chi connectivity index (χ0n) is 8.27. The van der Waals surface area contributed by atoms with Crippen molar-refractivity contribution in [3.05, 3.63) is 29.5 Å². The summed E-state index contributed by atoms with van der Waals surface area (Å²) in [6.07, 6.45) is 0. The molecule has 0 amide bonds. The van der Waals surface area contributed by atoms with Crippen LogP contribution in [0.15, 0.2) is 18.2 Å². The van der Waals surface area contributed by atoms with Crippen molar-refractivity contribution >= 4 is 16.9 Å². The topological polar surface area (TPSA) is 81.1 Å². The fraction of sp³-hybridized carbons (Fsp3) is 0.200. The number of hydrogen-bond acceptors (Lipinski definition) is 3. The fourth-order valence-corrected chi connectivity index (χ4v) is 1.74. The Morgan fingerprint density at radius 1 is 1.60 bits per heavy atom. The van der Waals surface area contributed by atoms with Crippen LogP contribution in [0.25, 0.3) is 10.9 Å². The smallest absolute Gasteiger partial charge is 0.357 e. The van der Waals surface area contributed by atoms with Crippen LogP contribution in [0.5, 0.6) is 0 Å². The Balaban J connectivity index is 2.85. The molecular weight excluding hydrogens is 194 g/mol. The first kappa shape index (κ1) is 9.67. The van der Waals surface area contributed by atoms with Crippen LogP contribution in [0.2, 0.25) is 0 Å². The molecule has 1 aromatic carbocycles. The second-order valence-corrected chi connectivity index (χ2v) is 3.29. The molecule has 0 aliphatic carbocycles. The van der Waals surface area contributed by atoms with E-state index in [1.807, 2.05) is 6.07 Å². The van der Waals surface area contributed by atoms with Gasteiger partial charge in [0, 0.05) is 19.0 Å². The van der Waals surface area contributed by atoms with Gasteiger partial charge in [-0.3, -0.25) is 4.68 Å². The second-order valence-electron chi connectivity index (χ2n) is 3.29. The average molecular weight is 205 g/mol. The Morgan fingerprint density at radius 3 is 2.93 bits per heavy atom. The van der Waals surface area contributed by atoms with Gasteiger partial charge < -0.3 is 10.8 Å². The molecule has 0 aliphatic heterocycles. The number of hydrogen-bond donors (Lipinski definition) is 2. The van der Waals surface area contributed by atoms with Gasteiger partial charge in [0.25, 0.3) is 0 Å². The van der Waals surface area contributed by atoms with Crippen LogP contribution >= 0.6 is 0 Å². The molecule has 0 saturated heterocycles. The maximum Gasteiger partial charge on any atom is 0.357 e. The molecule has 3 N–H and O–H groups in total. The van der Waals surface area contributed by atoms with E-state index in [2.05, 4.69) is 5.10 Å². The predicted molar refractivity (Wildman–Crippen MR) is 55.6 cm³/mol. The molecule has 2 rings (SSSR count). The molecule has 0 radical (unpaired) electrons. The van der Waals surface area contributed by atoms with E-state index in [9.17, 15) is 4.79 Å². The molecule has 2 aromatic rings. The van der Waals surface area contributed by atoms with E-state index in [-0.39, 0.29) is 5.69 Å². The van der Waals surface area contributed by atoms with Crippen LogP contribution in [-0.2, 0) is 13.6 Å². The summed E-state index contributed by atoms with van der Waals surface area (Å²) in [7, 11) is 1.72. The Labute approximate surface area is 86.1 Å². The third-order valence-electron chi connectivity index (χ3n) is 2.37. The van der Waals surface area contributed by atoms with Gasteiger partial charge in [0.2, 0.25) is 0 Å². The third-order valence-corrected chi connectivity index (χ3v) is 2.37. The third kappa shape index (κ3) is 1.37. The summed E-state index contributed by atoms with van der Waals surface area (Å²) < 4.78 is 1.56. The van der Waals surface area contributed by atoms with E-state index in [4.69, 9.17) is 10.8 Å². The summed E-state index contributed by atoms with van der Waals surface area (Å²) in [6, 6.07) is 5.40. The van der Waals surface area contributed by atoms with Crippen molar-refractivity contribution in [2.45, 2.75) is 6.54 Å². The van der Waals surface area contributed by atoms with Crippen molar-refractivity contribution in [2.24, 2.45) is 12.8 Å². The predicted octanol–water partition coefficient (Wildman–Crippen LogP) is 0.730. The highest BCUT2D eigenvalue weighted by atomic mass is 16.4. The normalized spacial score (nSPS) is 10.8. The number of benzene rings is 1. The molecule has 1 aromatic heterocycles. The van der Waals surface area contributed by atoms with Gasteiger partial charge in [0.1, 0.15) is 0 Å². The summed E-state index contributed by atoms with van der Waals surface area (Å²) in [5, 5.41) is 13.5. The monoisotopic (exact) mass is 205 g/mol. The number of nitrogens with zero attached hydrogens (tertiary/aromatic N) is 2. The lowest BCUT2D eigenvalue weighted by atomic mass is 10.1. The maximum atomic E-state index is 10.9. The summed E-state index contributed by atoms with van der Waals surface area (Å²) in [4.78, 5) is 10.9. The molecule has 0 bridgehead atoms. The summed E-state index contributed by atoms with van der Waals surface area (Å²) in [6.45, 7) is 0.371. The van der Waals surface area contributed by atoms with Crippen molar-refractivity contribution < 1.29 is 9.90 Å². The minimum Gasteiger partial charge on any atom is -0.476 e. The molecule has 0 atom stereocenters. The summed E-state index contributed by atoms with van der Waals surface area (Å²) in [5.41, 5.74) is 7.34. The van der Waals surface area contributed by atoms with Gasteiger partial charge in [-0.2, -0.15) is 5.10 Å². The van der Waals surface area contributed by atoms with Gasteiger partial charge in [0.15, 0.2) is 5.69 Å². The Morgan fingerprint density at radius 2 is 2.33 bits per heavy atom. The van der Waals surface area contributed by atoms with Gasteiger partial charge in [-0.1, -0.05) is 18.2 Å². The van der Waals surface area contributed by atoms with E-state index in [1.54, 1.807) is 23.9 Å². The van der Waals surface area contributed by atoms with E-state index < -0.39 is 5.97 Å². The van der Waals surface area contributed by atoms with Gasteiger partial charge >= 0.3 is 5.97 Å². The number of rotatable bonds is 2. The number of aromatic carboxylic acids is 1. The van der Waals surface area contributed by atoms with Crippen LogP contribution in [0.1, 0.15) is 16.1 Å². The number of aromatic nitrogens is 2. The van der Waals surface area contributed by atoms with E-state index in [0.717, 1.165) is 11.1 Å². The standard InChI is InChI=1S/C10H11N3O2/c1-13-9-6(5-11)3-2-4-7(9)8(12-13)10(14)15/h2-4H,5,11H2,1H3,(H,14,15).